The molecule has 0 atom stereocenters. The highest BCUT2D eigenvalue weighted by Crippen LogP contribution is 2.26. The van der Waals surface area contributed by atoms with Crippen LogP contribution in [-0.4, -0.2) is 40.1 Å². The fourth-order valence-corrected chi connectivity index (χ4v) is 3.14. The van der Waals surface area contributed by atoms with Crippen LogP contribution >= 0.6 is 0 Å². The molecule has 2 heterocycles. The van der Waals surface area contributed by atoms with E-state index in [9.17, 15) is 4.79 Å². The minimum absolute atomic E-state index is 0.225. The minimum atomic E-state index is -0.322. The number of aromatic nitrogens is 4. The van der Waals surface area contributed by atoms with E-state index in [1.165, 1.54) is 0 Å². The largest absolute Gasteiger partial charge is 0.497 e. The summed E-state index contributed by atoms with van der Waals surface area (Å²) >= 11 is 0. The second-order valence-electron chi connectivity index (χ2n) is 6.67. The molecule has 8 nitrogen and oxygen atoms in total. The van der Waals surface area contributed by atoms with Gasteiger partial charge in [-0.25, -0.2) is 4.68 Å². The van der Waals surface area contributed by atoms with Crippen LogP contribution in [0.25, 0.3) is 16.9 Å². The highest BCUT2D eigenvalue weighted by molar-refractivity contribution is 5.98. The number of nitrogens with zero attached hydrogens (tertiary/aromatic N) is 4. The molecular formula is C23H21N5O3. The van der Waals surface area contributed by atoms with Crippen LogP contribution in [0.1, 0.15) is 16.1 Å². The Hall–Kier alpha value is -4.20. The van der Waals surface area contributed by atoms with Crippen molar-refractivity contribution >= 4 is 5.91 Å². The van der Waals surface area contributed by atoms with Gasteiger partial charge >= 0.3 is 0 Å². The Kier molecular flexibility index (Phi) is 5.89. The van der Waals surface area contributed by atoms with E-state index < -0.39 is 0 Å². The van der Waals surface area contributed by atoms with Crippen LogP contribution in [0.5, 0.6) is 11.5 Å². The minimum Gasteiger partial charge on any atom is -0.497 e. The fraction of sp³-hybridized carbons (Fsp3) is 0.130. The highest BCUT2D eigenvalue weighted by atomic mass is 16.5. The van der Waals surface area contributed by atoms with Gasteiger partial charge in [-0.15, -0.1) is 5.10 Å². The molecule has 0 saturated heterocycles. The van der Waals surface area contributed by atoms with Gasteiger partial charge in [0.15, 0.2) is 5.69 Å². The molecule has 0 saturated carbocycles. The maximum atomic E-state index is 13.0. The van der Waals surface area contributed by atoms with Crippen LogP contribution in [0.3, 0.4) is 0 Å². The Morgan fingerprint density at radius 2 is 1.71 bits per heavy atom. The molecule has 31 heavy (non-hydrogen) atoms. The average Bonchev–Trinajstić information content (AvgIpc) is 3.29. The smallest absolute Gasteiger partial charge is 0.274 e. The van der Waals surface area contributed by atoms with Gasteiger partial charge in [-0.2, -0.15) is 0 Å². The average molecular weight is 415 g/mol. The second-order valence-corrected chi connectivity index (χ2v) is 6.67. The van der Waals surface area contributed by atoms with Crippen molar-refractivity contribution in [3.05, 3.63) is 84.3 Å². The second kappa shape index (κ2) is 9.08. The van der Waals surface area contributed by atoms with Crippen LogP contribution < -0.4 is 14.8 Å². The molecule has 4 aromatic rings. The van der Waals surface area contributed by atoms with Gasteiger partial charge in [0.2, 0.25) is 0 Å². The van der Waals surface area contributed by atoms with Gasteiger partial charge in [-0.1, -0.05) is 23.4 Å². The summed E-state index contributed by atoms with van der Waals surface area (Å²) in [5, 5.41) is 11.3. The lowest BCUT2D eigenvalue weighted by Crippen LogP contribution is -2.24. The summed E-state index contributed by atoms with van der Waals surface area (Å²) in [5.74, 6) is 1.12. The maximum Gasteiger partial charge on any atom is 0.274 e. The molecule has 1 N–H and O–H groups in total. The van der Waals surface area contributed by atoms with Gasteiger partial charge in [0.25, 0.3) is 5.91 Å². The molecule has 4 rings (SSSR count). The Balaban J connectivity index is 1.66. The number of carbonyl (C=O) groups excluding carboxylic acids is 1. The zero-order valence-electron chi connectivity index (χ0n) is 17.1. The number of benzene rings is 2. The predicted molar refractivity (Wildman–Crippen MR) is 115 cm³/mol. The van der Waals surface area contributed by atoms with Gasteiger partial charge < -0.3 is 14.8 Å². The van der Waals surface area contributed by atoms with E-state index in [-0.39, 0.29) is 11.6 Å². The molecule has 0 bridgehead atoms. The maximum absolute atomic E-state index is 13.0. The van der Waals surface area contributed by atoms with Crippen molar-refractivity contribution < 1.29 is 14.3 Å². The van der Waals surface area contributed by atoms with E-state index in [1.54, 1.807) is 31.3 Å². The number of ether oxygens (including phenoxy) is 2. The fourth-order valence-electron chi connectivity index (χ4n) is 3.14. The first kappa shape index (κ1) is 20.1. The summed E-state index contributed by atoms with van der Waals surface area (Å²) in [4.78, 5) is 17.1. The summed E-state index contributed by atoms with van der Waals surface area (Å²) in [5.41, 5.74) is 3.25. The molecule has 0 radical (unpaired) electrons. The van der Waals surface area contributed by atoms with E-state index in [0.717, 1.165) is 22.6 Å². The number of rotatable bonds is 7. The number of pyridine rings is 1. The molecule has 156 valence electrons. The monoisotopic (exact) mass is 415 g/mol. The standard InChI is InChI=1S/C23H21N5O3/c1-30-19-8-6-16(7-9-19)15-25-23(29)21-22(17-10-12-24-13-11-17)28(27-26-21)18-4-3-5-20(14-18)31-2/h3-14H,15H2,1-2H3,(H,25,29). The molecule has 2 aromatic heterocycles. The Bertz CT molecular complexity index is 1170. The lowest BCUT2D eigenvalue weighted by atomic mass is 10.1. The van der Waals surface area contributed by atoms with Crippen LogP contribution in [0.15, 0.2) is 73.1 Å². The van der Waals surface area contributed by atoms with Gasteiger partial charge in [0.05, 0.1) is 19.9 Å². The third-order valence-corrected chi connectivity index (χ3v) is 4.75. The van der Waals surface area contributed by atoms with Crippen molar-refractivity contribution in [3.8, 4) is 28.4 Å². The molecule has 0 fully saturated rings. The summed E-state index contributed by atoms with van der Waals surface area (Å²) in [6.07, 6.45) is 3.33. The summed E-state index contributed by atoms with van der Waals surface area (Å²) in [6, 6.07) is 18.5. The van der Waals surface area contributed by atoms with E-state index in [1.807, 2.05) is 60.7 Å². The van der Waals surface area contributed by atoms with Crippen LogP contribution in [0.4, 0.5) is 0 Å². The molecule has 0 spiro atoms. The first-order valence-corrected chi connectivity index (χ1v) is 9.61. The van der Waals surface area contributed by atoms with E-state index in [4.69, 9.17) is 9.47 Å². The number of hydrogen-bond acceptors (Lipinski definition) is 6. The van der Waals surface area contributed by atoms with Gasteiger partial charge in [0, 0.05) is 30.6 Å². The van der Waals surface area contributed by atoms with Crippen molar-refractivity contribution in [2.45, 2.75) is 6.54 Å². The van der Waals surface area contributed by atoms with Crippen molar-refractivity contribution in [1.82, 2.24) is 25.3 Å². The highest BCUT2D eigenvalue weighted by Gasteiger charge is 2.22. The number of carbonyl (C=O) groups is 1. The van der Waals surface area contributed by atoms with Crippen molar-refractivity contribution in [2.75, 3.05) is 14.2 Å². The van der Waals surface area contributed by atoms with Gasteiger partial charge in [-0.3, -0.25) is 9.78 Å². The summed E-state index contributed by atoms with van der Waals surface area (Å²) < 4.78 is 12.1. The Morgan fingerprint density at radius 1 is 0.968 bits per heavy atom. The quantitative estimate of drug-likeness (QED) is 0.498. The first-order chi connectivity index (χ1) is 15.2. The number of amides is 1. The van der Waals surface area contributed by atoms with Crippen LogP contribution in [0.2, 0.25) is 0 Å². The molecular weight excluding hydrogens is 394 g/mol. The van der Waals surface area contributed by atoms with Gasteiger partial charge in [0.1, 0.15) is 17.2 Å². The molecule has 8 heteroatoms. The Labute approximate surface area is 179 Å². The number of nitrogens with one attached hydrogen (secondary N) is 1. The normalized spacial score (nSPS) is 10.5. The Morgan fingerprint density at radius 3 is 2.42 bits per heavy atom. The van der Waals surface area contributed by atoms with Crippen molar-refractivity contribution in [1.29, 1.82) is 0 Å². The van der Waals surface area contributed by atoms with Crippen molar-refractivity contribution in [3.63, 3.8) is 0 Å². The summed E-state index contributed by atoms with van der Waals surface area (Å²) in [6.45, 7) is 0.352. The summed E-state index contributed by atoms with van der Waals surface area (Å²) in [7, 11) is 3.21. The number of hydrogen-bond donors (Lipinski definition) is 1. The van der Waals surface area contributed by atoms with E-state index >= 15 is 0 Å². The SMILES string of the molecule is COc1ccc(CNC(=O)c2nnn(-c3cccc(OC)c3)c2-c2ccncc2)cc1. The third-order valence-electron chi connectivity index (χ3n) is 4.75. The topological polar surface area (TPSA) is 91.2 Å². The van der Waals surface area contributed by atoms with Crippen molar-refractivity contribution in [2.24, 2.45) is 0 Å². The van der Waals surface area contributed by atoms with Crippen LogP contribution in [-0.2, 0) is 6.54 Å². The third kappa shape index (κ3) is 4.37. The molecule has 0 aliphatic carbocycles. The zero-order valence-corrected chi connectivity index (χ0v) is 17.1. The molecule has 0 aliphatic heterocycles. The predicted octanol–water partition coefficient (Wildman–Crippen LogP) is 3.28. The molecule has 1 amide bonds. The molecule has 0 unspecified atom stereocenters. The van der Waals surface area contributed by atoms with Gasteiger partial charge in [-0.05, 0) is 42.0 Å². The lowest BCUT2D eigenvalue weighted by Gasteiger charge is -2.10. The van der Waals surface area contributed by atoms with E-state index in [0.29, 0.717) is 18.0 Å². The lowest BCUT2D eigenvalue weighted by molar-refractivity contribution is 0.0946. The first-order valence-electron chi connectivity index (χ1n) is 9.61. The molecule has 0 aliphatic rings. The number of methoxy groups -OCH3 is 2. The molecule has 2 aromatic carbocycles. The van der Waals surface area contributed by atoms with Crippen LogP contribution in [0, 0.1) is 0 Å². The van der Waals surface area contributed by atoms with E-state index in [2.05, 4.69) is 20.6 Å². The zero-order chi connectivity index (χ0) is 21.6.